The van der Waals surface area contributed by atoms with Crippen LogP contribution in [0.15, 0.2) is 17.6 Å². The Morgan fingerprint density at radius 2 is 2.25 bits per heavy atom. The Hall–Kier alpha value is -1.66. The number of amides is 1. The highest BCUT2D eigenvalue weighted by Crippen LogP contribution is 2.22. The number of aromatic amines is 1. The molecule has 0 aromatic carbocycles. The molecule has 108 valence electrons. The Kier molecular flexibility index (Phi) is 3.96. The first-order chi connectivity index (χ1) is 9.29. The van der Waals surface area contributed by atoms with Gasteiger partial charge in [-0.15, -0.1) is 11.3 Å². The minimum Gasteiger partial charge on any atom is -0.391 e. The van der Waals surface area contributed by atoms with Crippen molar-refractivity contribution in [3.05, 3.63) is 28.3 Å². The van der Waals surface area contributed by atoms with Gasteiger partial charge in [0.25, 0.3) is 5.91 Å². The zero-order valence-corrected chi connectivity index (χ0v) is 12.8. The van der Waals surface area contributed by atoms with Crippen molar-refractivity contribution >= 4 is 17.2 Å². The molecule has 1 unspecified atom stereocenters. The number of carbonyl (C=O) groups excluding carboxylic acids is 1. The van der Waals surface area contributed by atoms with Crippen molar-refractivity contribution in [3.63, 3.8) is 0 Å². The third-order valence-electron chi connectivity index (χ3n) is 3.32. The third-order valence-corrected chi connectivity index (χ3v) is 4.10. The van der Waals surface area contributed by atoms with Gasteiger partial charge in [0, 0.05) is 17.1 Å². The lowest BCUT2D eigenvalue weighted by Gasteiger charge is -2.29. The van der Waals surface area contributed by atoms with Crippen LogP contribution in [0.1, 0.15) is 36.3 Å². The number of nitrogens with zero attached hydrogens (tertiary/aromatic N) is 1. The number of aliphatic hydroxyl groups is 1. The average molecular weight is 293 g/mol. The highest BCUT2D eigenvalue weighted by Gasteiger charge is 2.27. The van der Waals surface area contributed by atoms with E-state index in [-0.39, 0.29) is 5.91 Å². The van der Waals surface area contributed by atoms with Gasteiger partial charge in [-0.2, -0.15) is 0 Å². The number of H-pyrrole nitrogens is 1. The van der Waals surface area contributed by atoms with Gasteiger partial charge >= 0.3 is 0 Å². The predicted molar refractivity (Wildman–Crippen MR) is 79.9 cm³/mol. The summed E-state index contributed by atoms with van der Waals surface area (Å²) >= 11 is 1.57. The molecule has 0 radical (unpaired) electrons. The van der Waals surface area contributed by atoms with E-state index in [2.05, 4.69) is 15.3 Å². The highest BCUT2D eigenvalue weighted by atomic mass is 32.1. The standard InChI is InChI=1S/C14H19N3O2S/c1-8(18)14(3,4)17-13(19)11-5-10(6-15-11)12-7-20-9(2)16-12/h5-8,15,18H,1-4H3,(H,17,19). The lowest BCUT2D eigenvalue weighted by atomic mass is 9.98. The molecule has 20 heavy (non-hydrogen) atoms. The van der Waals surface area contributed by atoms with Crippen molar-refractivity contribution in [3.8, 4) is 11.3 Å². The van der Waals surface area contributed by atoms with Crippen molar-refractivity contribution in [2.75, 3.05) is 0 Å². The molecule has 0 spiro atoms. The zero-order chi connectivity index (χ0) is 14.9. The Labute approximate surface area is 122 Å². The van der Waals surface area contributed by atoms with Gasteiger partial charge in [0.1, 0.15) is 5.69 Å². The molecular formula is C14H19N3O2S. The molecule has 0 aliphatic carbocycles. The summed E-state index contributed by atoms with van der Waals surface area (Å²) in [5, 5.41) is 15.4. The predicted octanol–water partition coefficient (Wildman–Crippen LogP) is 2.34. The Morgan fingerprint density at radius 1 is 1.55 bits per heavy atom. The van der Waals surface area contributed by atoms with E-state index in [1.165, 1.54) is 0 Å². The molecule has 0 aliphatic heterocycles. The van der Waals surface area contributed by atoms with Crippen LogP contribution in [0.3, 0.4) is 0 Å². The number of aryl methyl sites for hydroxylation is 1. The molecule has 3 N–H and O–H groups in total. The molecule has 0 fully saturated rings. The van der Waals surface area contributed by atoms with Crippen LogP contribution in [-0.2, 0) is 0 Å². The molecular weight excluding hydrogens is 274 g/mol. The summed E-state index contributed by atoms with van der Waals surface area (Å²) in [5.41, 5.74) is 1.52. The second-order valence-corrected chi connectivity index (χ2v) is 6.47. The van der Waals surface area contributed by atoms with Gasteiger partial charge in [0.05, 0.1) is 22.3 Å². The van der Waals surface area contributed by atoms with E-state index in [9.17, 15) is 9.90 Å². The van der Waals surface area contributed by atoms with Crippen molar-refractivity contribution in [2.24, 2.45) is 0 Å². The number of aromatic nitrogens is 2. The summed E-state index contributed by atoms with van der Waals surface area (Å²) in [7, 11) is 0. The molecule has 1 amide bonds. The first-order valence-electron chi connectivity index (χ1n) is 6.41. The SMILES string of the molecule is Cc1nc(-c2c[nH]c(C(=O)NC(C)(C)C(C)O)c2)cs1. The van der Waals surface area contributed by atoms with Crippen molar-refractivity contribution in [2.45, 2.75) is 39.3 Å². The number of hydrogen-bond donors (Lipinski definition) is 3. The molecule has 2 rings (SSSR count). The van der Waals surface area contributed by atoms with E-state index in [0.717, 1.165) is 16.3 Å². The molecule has 1 atom stereocenters. The van der Waals surface area contributed by atoms with Gasteiger partial charge in [-0.25, -0.2) is 4.98 Å². The number of carbonyl (C=O) groups is 1. The van der Waals surface area contributed by atoms with Crippen LogP contribution >= 0.6 is 11.3 Å². The number of hydrogen-bond acceptors (Lipinski definition) is 4. The second-order valence-electron chi connectivity index (χ2n) is 5.41. The van der Waals surface area contributed by atoms with Gasteiger partial charge < -0.3 is 15.4 Å². The van der Waals surface area contributed by atoms with Crippen LogP contribution < -0.4 is 5.32 Å². The lowest BCUT2D eigenvalue weighted by molar-refractivity contribution is 0.0706. The molecule has 6 heteroatoms. The summed E-state index contributed by atoms with van der Waals surface area (Å²) in [6, 6.07) is 1.77. The Bertz CT molecular complexity index is 613. The number of thiazole rings is 1. The zero-order valence-electron chi connectivity index (χ0n) is 12.0. The Balaban J connectivity index is 2.15. The maximum atomic E-state index is 12.1. The topological polar surface area (TPSA) is 78.0 Å². The molecule has 5 nitrogen and oxygen atoms in total. The van der Waals surface area contributed by atoms with Crippen molar-refractivity contribution < 1.29 is 9.90 Å². The largest absolute Gasteiger partial charge is 0.391 e. The van der Waals surface area contributed by atoms with E-state index >= 15 is 0 Å². The van der Waals surface area contributed by atoms with Crippen LogP contribution in [0.4, 0.5) is 0 Å². The van der Waals surface area contributed by atoms with E-state index in [1.807, 2.05) is 12.3 Å². The van der Waals surface area contributed by atoms with Crippen molar-refractivity contribution in [1.29, 1.82) is 0 Å². The quantitative estimate of drug-likeness (QED) is 0.809. The smallest absolute Gasteiger partial charge is 0.268 e. The first kappa shape index (κ1) is 14.7. The molecule has 2 aromatic rings. The fraction of sp³-hybridized carbons (Fsp3) is 0.429. The molecule has 2 heterocycles. The van der Waals surface area contributed by atoms with Gasteiger partial charge in [0.15, 0.2) is 0 Å². The number of nitrogens with one attached hydrogen (secondary N) is 2. The fourth-order valence-electron chi connectivity index (χ4n) is 1.63. The number of rotatable bonds is 4. The van der Waals surface area contributed by atoms with Gasteiger partial charge in [0.2, 0.25) is 0 Å². The molecule has 0 aliphatic rings. The van der Waals surface area contributed by atoms with Crippen LogP contribution in [-0.4, -0.2) is 32.6 Å². The van der Waals surface area contributed by atoms with E-state index in [1.54, 1.807) is 44.4 Å². The van der Waals surface area contributed by atoms with Crippen LogP contribution in [0.5, 0.6) is 0 Å². The monoisotopic (exact) mass is 293 g/mol. The van der Waals surface area contributed by atoms with E-state index in [4.69, 9.17) is 0 Å². The van der Waals surface area contributed by atoms with Crippen LogP contribution in [0.2, 0.25) is 0 Å². The number of aliphatic hydroxyl groups excluding tert-OH is 1. The minimum atomic E-state index is -0.681. The van der Waals surface area contributed by atoms with Crippen LogP contribution in [0.25, 0.3) is 11.3 Å². The summed E-state index contributed by atoms with van der Waals surface area (Å²) in [4.78, 5) is 19.5. The van der Waals surface area contributed by atoms with Crippen molar-refractivity contribution in [1.82, 2.24) is 15.3 Å². The van der Waals surface area contributed by atoms with Gasteiger partial charge in [-0.1, -0.05) is 0 Å². The summed E-state index contributed by atoms with van der Waals surface area (Å²) in [6.45, 7) is 7.16. The second kappa shape index (κ2) is 5.38. The lowest BCUT2D eigenvalue weighted by Crippen LogP contribution is -2.51. The average Bonchev–Trinajstić information content (AvgIpc) is 2.96. The minimum absolute atomic E-state index is 0.242. The third kappa shape index (κ3) is 3.08. The molecule has 0 bridgehead atoms. The van der Waals surface area contributed by atoms with Gasteiger partial charge in [-0.3, -0.25) is 4.79 Å². The van der Waals surface area contributed by atoms with E-state index in [0.29, 0.717) is 5.69 Å². The van der Waals surface area contributed by atoms with Crippen LogP contribution in [0, 0.1) is 6.92 Å². The maximum absolute atomic E-state index is 12.1. The first-order valence-corrected chi connectivity index (χ1v) is 7.29. The summed E-state index contributed by atoms with van der Waals surface area (Å²) in [5.74, 6) is -0.242. The van der Waals surface area contributed by atoms with E-state index < -0.39 is 11.6 Å². The molecule has 0 saturated carbocycles. The highest BCUT2D eigenvalue weighted by molar-refractivity contribution is 7.09. The fourth-order valence-corrected chi connectivity index (χ4v) is 2.26. The molecule has 0 saturated heterocycles. The Morgan fingerprint density at radius 3 is 2.80 bits per heavy atom. The molecule has 2 aromatic heterocycles. The maximum Gasteiger partial charge on any atom is 0.268 e. The normalized spacial score (nSPS) is 13.2. The van der Waals surface area contributed by atoms with Gasteiger partial charge in [-0.05, 0) is 33.8 Å². The summed E-state index contributed by atoms with van der Waals surface area (Å²) in [6.07, 6.45) is 1.13. The summed E-state index contributed by atoms with van der Waals surface area (Å²) < 4.78 is 0.